The maximum absolute atomic E-state index is 13.3. The van der Waals surface area contributed by atoms with Gasteiger partial charge in [-0.1, -0.05) is 0 Å². The predicted octanol–water partition coefficient (Wildman–Crippen LogP) is 4.03. The summed E-state index contributed by atoms with van der Waals surface area (Å²) in [5, 5.41) is 11.8. The number of β-lactam (4-membered cyclic amide) rings is 1. The number of amides is 1. The van der Waals surface area contributed by atoms with E-state index in [0.29, 0.717) is 18.7 Å². The van der Waals surface area contributed by atoms with Gasteiger partial charge >= 0.3 is 259 Å². The molecule has 2 aliphatic heterocycles. The Morgan fingerprint density at radius 3 is 1.79 bits per heavy atom. The second kappa shape index (κ2) is 12.9. The molecule has 2 fully saturated rings. The van der Waals surface area contributed by atoms with E-state index in [-0.39, 0.29) is 11.7 Å². The van der Waals surface area contributed by atoms with Crippen LogP contribution in [0.5, 0.6) is 5.75 Å². The summed E-state index contributed by atoms with van der Waals surface area (Å²) >= 11 is -3.78. The fourth-order valence-corrected chi connectivity index (χ4v) is 19.7. The molecule has 2 heterocycles. The zero-order valence-electron chi connectivity index (χ0n) is 24.4. The van der Waals surface area contributed by atoms with E-state index in [2.05, 4.69) is 95.1 Å². The quantitative estimate of drug-likeness (QED) is 0.237. The first kappa shape index (κ1) is 29.4. The second-order valence-electron chi connectivity index (χ2n) is 11.6. The van der Waals surface area contributed by atoms with Gasteiger partial charge in [0.15, 0.2) is 0 Å². The maximum atomic E-state index is 13.3. The third-order valence-electron chi connectivity index (χ3n) is 8.97. The molecule has 1 N–H and O–H groups in total. The molecule has 4 atom stereocenters. The Hall–Kier alpha value is -3.68. The van der Waals surface area contributed by atoms with Crippen molar-refractivity contribution in [3.63, 3.8) is 0 Å². The average molecular weight is 678 g/mol. The van der Waals surface area contributed by atoms with Gasteiger partial charge in [0.25, 0.3) is 0 Å². The van der Waals surface area contributed by atoms with Crippen LogP contribution in [-0.2, 0) is 9.59 Å². The zero-order chi connectivity index (χ0) is 29.8. The minimum absolute atomic E-state index is 0.0713. The molecular formula is C37H37NO4Sn. The fourth-order valence-electron chi connectivity index (χ4n) is 6.82. The summed E-state index contributed by atoms with van der Waals surface area (Å²) in [7, 11) is 0. The molecule has 0 bridgehead atoms. The number of para-hydroxylation sites is 1. The molecule has 6 rings (SSSR count). The number of aliphatic hydroxyl groups is 1. The van der Waals surface area contributed by atoms with Crippen molar-refractivity contribution >= 4 is 40.8 Å². The van der Waals surface area contributed by atoms with E-state index >= 15 is 0 Å². The summed E-state index contributed by atoms with van der Waals surface area (Å²) in [5.74, 6) is -0.259. The van der Waals surface area contributed by atoms with Gasteiger partial charge in [0.05, 0.1) is 0 Å². The minimum atomic E-state index is -3.78. The molecule has 0 spiro atoms. The van der Waals surface area contributed by atoms with Gasteiger partial charge < -0.3 is 0 Å². The number of nitrogens with zero attached hydrogens (tertiary/aromatic N) is 1. The molecule has 43 heavy (non-hydrogen) atoms. The van der Waals surface area contributed by atoms with Gasteiger partial charge in [0.1, 0.15) is 0 Å². The number of hydrogen-bond acceptors (Lipinski definition) is 4. The molecule has 0 unspecified atom stereocenters. The molecule has 4 aromatic carbocycles. The first-order valence-electron chi connectivity index (χ1n) is 15.1. The number of carbonyl (C=O) groups is 2. The molecule has 0 aromatic heterocycles. The van der Waals surface area contributed by atoms with E-state index in [1.54, 1.807) is 11.8 Å². The van der Waals surface area contributed by atoms with Crippen LogP contribution < -0.4 is 15.5 Å². The second-order valence-corrected chi connectivity index (χ2v) is 22.0. The van der Waals surface area contributed by atoms with Crippen molar-refractivity contribution in [2.45, 2.75) is 44.4 Å². The topological polar surface area (TPSA) is 66.8 Å². The van der Waals surface area contributed by atoms with Crippen molar-refractivity contribution in [3.05, 3.63) is 131 Å². The molecule has 2 aliphatic rings. The van der Waals surface area contributed by atoms with Gasteiger partial charge in [-0.3, -0.25) is 0 Å². The van der Waals surface area contributed by atoms with Crippen LogP contribution in [0.1, 0.15) is 26.2 Å². The molecule has 0 aliphatic carbocycles. The van der Waals surface area contributed by atoms with Gasteiger partial charge in [-0.05, 0) is 0 Å². The van der Waals surface area contributed by atoms with Crippen LogP contribution in [0.25, 0.3) is 0 Å². The van der Waals surface area contributed by atoms with Crippen molar-refractivity contribution in [2.24, 2.45) is 5.92 Å². The van der Waals surface area contributed by atoms with Crippen LogP contribution in [0.2, 0.25) is 0 Å². The summed E-state index contributed by atoms with van der Waals surface area (Å²) in [6, 6.07) is 41.0. The molecular weight excluding hydrogens is 641 g/mol. The van der Waals surface area contributed by atoms with Crippen LogP contribution in [0.15, 0.2) is 131 Å². The molecule has 5 nitrogen and oxygen atoms in total. The summed E-state index contributed by atoms with van der Waals surface area (Å²) in [5.41, 5.74) is 1.18. The van der Waals surface area contributed by atoms with E-state index in [1.165, 1.54) is 16.3 Å². The van der Waals surface area contributed by atoms with Crippen molar-refractivity contribution in [1.82, 2.24) is 4.90 Å². The van der Waals surface area contributed by atoms with Gasteiger partial charge in [0.2, 0.25) is 0 Å². The Bertz CT molecular complexity index is 1480. The van der Waals surface area contributed by atoms with Gasteiger partial charge in [0, 0.05) is 0 Å². The number of hydrogen-bond donors (Lipinski definition) is 1. The van der Waals surface area contributed by atoms with Crippen LogP contribution >= 0.6 is 0 Å². The molecule has 6 heteroatoms. The number of aliphatic hydroxyl groups excluding tert-OH is 1. The molecule has 0 saturated carbocycles. The van der Waals surface area contributed by atoms with Crippen LogP contribution in [0, 0.1) is 5.92 Å². The van der Waals surface area contributed by atoms with Crippen molar-refractivity contribution in [3.8, 4) is 5.75 Å². The number of carbonyl (C=O) groups excluding carboxylic acids is 2. The first-order chi connectivity index (χ1) is 21.0. The van der Waals surface area contributed by atoms with Crippen LogP contribution in [0.3, 0.4) is 0 Å². The number of rotatable bonds is 7. The summed E-state index contributed by atoms with van der Waals surface area (Å²) in [6.07, 6.45) is 0.130. The molecule has 2 saturated heterocycles. The van der Waals surface area contributed by atoms with E-state index < -0.39 is 42.5 Å². The van der Waals surface area contributed by atoms with E-state index in [0.717, 1.165) is 12.8 Å². The molecule has 4 aromatic rings. The Kier molecular flexibility index (Phi) is 8.82. The number of benzene rings is 4. The Labute approximate surface area is 257 Å². The molecule has 218 valence electrons. The summed E-state index contributed by atoms with van der Waals surface area (Å²) in [4.78, 5) is 28.2. The predicted molar refractivity (Wildman–Crippen MR) is 172 cm³/mol. The van der Waals surface area contributed by atoms with Gasteiger partial charge in [-0.25, -0.2) is 0 Å². The summed E-state index contributed by atoms with van der Waals surface area (Å²) in [6.45, 7) is 2.07. The number of ether oxygens (including phenoxy) is 1. The van der Waals surface area contributed by atoms with E-state index in [4.69, 9.17) is 4.74 Å². The van der Waals surface area contributed by atoms with Crippen LogP contribution in [0.4, 0.5) is 0 Å². The number of ketones is 1. The number of fused-ring (bicyclic) bond motifs is 1. The fraction of sp³-hybridized carbons (Fsp3) is 0.243. The van der Waals surface area contributed by atoms with Crippen LogP contribution in [-0.4, -0.2) is 64.9 Å². The van der Waals surface area contributed by atoms with E-state index in [1.807, 2.05) is 30.3 Å². The van der Waals surface area contributed by atoms with Gasteiger partial charge in [-0.15, -0.1) is 0 Å². The third kappa shape index (κ3) is 5.80. The Balaban J connectivity index is 1.44. The third-order valence-corrected chi connectivity index (χ3v) is 22.0. The first-order valence-corrected chi connectivity index (χ1v) is 21.0. The average Bonchev–Trinajstić information content (AvgIpc) is 3.11. The SMILES string of the molecule is CC(=O)[C@@H]1C/C(=[CH]/[Sn]([c]2ccccc2)([c]2ccccc2)[c]2ccccc2)CCCN2C(=O)[C@H](Oc3ccccc3)[C@@H]2[C@@H]1O. The van der Waals surface area contributed by atoms with Gasteiger partial charge in [-0.2, -0.15) is 0 Å². The Morgan fingerprint density at radius 2 is 1.30 bits per heavy atom. The van der Waals surface area contributed by atoms with Crippen molar-refractivity contribution in [2.75, 3.05) is 6.54 Å². The summed E-state index contributed by atoms with van der Waals surface area (Å²) < 4.78 is 12.6. The Morgan fingerprint density at radius 1 is 0.814 bits per heavy atom. The van der Waals surface area contributed by atoms with E-state index in [9.17, 15) is 14.7 Å². The number of Topliss-reactive ketones (excluding diaryl/α,β-unsaturated/α-hetero) is 1. The zero-order valence-corrected chi connectivity index (χ0v) is 27.2. The molecule has 1 amide bonds. The van der Waals surface area contributed by atoms with Crippen molar-refractivity contribution in [1.29, 1.82) is 0 Å². The normalized spacial score (nSPS) is 23.3. The molecule has 0 radical (unpaired) electrons. The monoisotopic (exact) mass is 679 g/mol. The van der Waals surface area contributed by atoms with Crippen molar-refractivity contribution < 1.29 is 19.4 Å². The standard InChI is InChI=1S/C19H22NO4.3C6H5.Sn/c1-12-7-6-10-20-16(17(22)15(11-12)13(2)21)18(19(20)23)24-14-8-4-3-5-9-14;3*1-2-4-6-5-3-1;/h1,3-5,8-9,15-18,22H,6-7,10-11H2,2H3;3*1-5H;/t15-,16-,17+,18+;;;;/m0..../s1. The number of allylic oxidation sites excluding steroid dienone is 1.